The van der Waals surface area contributed by atoms with Gasteiger partial charge in [-0.3, -0.25) is 9.59 Å². The van der Waals surface area contributed by atoms with Crippen LogP contribution in [-0.4, -0.2) is 28.5 Å². The average molecular weight is 367 g/mol. The minimum Gasteiger partial charge on any atom is -0.343 e. The van der Waals surface area contributed by atoms with Gasteiger partial charge in [0.15, 0.2) is 0 Å². The van der Waals surface area contributed by atoms with Gasteiger partial charge in [-0.15, -0.1) is 0 Å². The number of fused-ring (bicyclic) bond motifs is 1. The molecule has 3 rings (SSSR count). The average Bonchev–Trinajstić information content (AvgIpc) is 2.98. The molecule has 5 heteroatoms. The Hall–Kier alpha value is -2.56. The number of piperazine rings is 1. The summed E-state index contributed by atoms with van der Waals surface area (Å²) in [6.45, 7) is 8.90. The molecular weight excluding hydrogens is 338 g/mol. The van der Waals surface area contributed by atoms with E-state index in [0.717, 1.165) is 13.0 Å². The lowest BCUT2D eigenvalue weighted by molar-refractivity contribution is -0.138. The van der Waals surface area contributed by atoms with Crippen molar-refractivity contribution in [2.45, 2.75) is 59.2 Å². The maximum absolute atomic E-state index is 12.4. The molecular formula is C22H29N3O2. The van der Waals surface area contributed by atoms with Crippen molar-refractivity contribution in [3.63, 3.8) is 0 Å². The van der Waals surface area contributed by atoms with E-state index in [9.17, 15) is 9.59 Å². The molecule has 27 heavy (non-hydrogen) atoms. The molecule has 0 radical (unpaired) electrons. The maximum Gasteiger partial charge on any atom is 0.243 e. The molecule has 0 spiro atoms. The number of hydrogen-bond acceptors (Lipinski definition) is 2. The van der Waals surface area contributed by atoms with Crippen molar-refractivity contribution in [1.82, 2.24) is 15.2 Å². The molecule has 1 fully saturated rings. The van der Waals surface area contributed by atoms with Crippen LogP contribution in [0.4, 0.5) is 0 Å². The topological polar surface area (TPSA) is 63.1 Å². The molecule has 1 saturated heterocycles. The molecule has 1 aliphatic rings. The number of para-hydroxylation sites is 1. The summed E-state index contributed by atoms with van der Waals surface area (Å²) in [7, 11) is 0. The van der Waals surface area contributed by atoms with Crippen LogP contribution in [0.2, 0.25) is 0 Å². The second kappa shape index (κ2) is 7.99. The lowest BCUT2D eigenvalue weighted by atomic mass is 9.97. The quantitative estimate of drug-likeness (QED) is 0.770. The van der Waals surface area contributed by atoms with Gasteiger partial charge in [0.25, 0.3) is 0 Å². The highest BCUT2D eigenvalue weighted by Gasteiger charge is 2.34. The summed E-state index contributed by atoms with van der Waals surface area (Å²) in [6.07, 6.45) is 5.72. The molecule has 0 saturated carbocycles. The lowest BCUT2D eigenvalue weighted by Gasteiger charge is -2.31. The molecule has 0 unspecified atom stereocenters. The number of hydrogen-bond donors (Lipinski definition) is 2. The molecule has 0 bridgehead atoms. The fourth-order valence-electron chi connectivity index (χ4n) is 3.57. The fourth-order valence-corrected chi connectivity index (χ4v) is 3.57. The Kier molecular flexibility index (Phi) is 5.68. The minimum atomic E-state index is -0.465. The largest absolute Gasteiger partial charge is 0.343 e. The molecule has 0 aliphatic carbocycles. The third-order valence-corrected chi connectivity index (χ3v) is 5.15. The first-order valence-corrected chi connectivity index (χ1v) is 9.67. The Bertz CT molecular complexity index is 875. The van der Waals surface area contributed by atoms with Crippen molar-refractivity contribution >= 4 is 22.7 Å². The Morgan fingerprint density at radius 2 is 1.89 bits per heavy atom. The van der Waals surface area contributed by atoms with Crippen LogP contribution in [0.25, 0.3) is 10.9 Å². The third-order valence-electron chi connectivity index (χ3n) is 5.15. The zero-order valence-electron chi connectivity index (χ0n) is 16.6. The molecule has 2 aromatic rings. The van der Waals surface area contributed by atoms with E-state index in [0.29, 0.717) is 6.42 Å². The highest BCUT2D eigenvalue weighted by molar-refractivity contribution is 5.97. The van der Waals surface area contributed by atoms with Gasteiger partial charge in [0, 0.05) is 23.6 Å². The number of benzene rings is 1. The van der Waals surface area contributed by atoms with Crippen LogP contribution in [0.1, 0.15) is 39.7 Å². The van der Waals surface area contributed by atoms with E-state index in [1.54, 1.807) is 0 Å². The fraction of sp³-hybridized carbons (Fsp3) is 0.455. The van der Waals surface area contributed by atoms with Crippen LogP contribution in [0, 0.1) is 5.92 Å². The summed E-state index contributed by atoms with van der Waals surface area (Å²) in [4.78, 5) is 24.6. The molecule has 2 amide bonds. The summed E-state index contributed by atoms with van der Waals surface area (Å²) in [5, 5.41) is 6.97. The number of aryl methyl sites for hydroxylation is 1. The maximum atomic E-state index is 12.4. The van der Waals surface area contributed by atoms with Gasteiger partial charge in [-0.1, -0.05) is 43.7 Å². The summed E-state index contributed by atoms with van der Waals surface area (Å²) in [5.41, 5.74) is 3.69. The smallest absolute Gasteiger partial charge is 0.243 e. The van der Waals surface area contributed by atoms with Gasteiger partial charge in [0.1, 0.15) is 12.1 Å². The Balaban J connectivity index is 1.75. The first kappa shape index (κ1) is 19.2. The monoisotopic (exact) mass is 367 g/mol. The van der Waals surface area contributed by atoms with Crippen LogP contribution in [0.15, 0.2) is 42.1 Å². The molecule has 2 atom stereocenters. The van der Waals surface area contributed by atoms with Crippen LogP contribution in [0.3, 0.4) is 0 Å². The number of rotatable bonds is 6. The first-order chi connectivity index (χ1) is 12.9. The summed E-state index contributed by atoms with van der Waals surface area (Å²) in [6, 6.07) is 7.44. The first-order valence-electron chi connectivity index (χ1n) is 9.67. The van der Waals surface area contributed by atoms with E-state index in [2.05, 4.69) is 53.5 Å². The van der Waals surface area contributed by atoms with Crippen molar-refractivity contribution in [3.05, 3.63) is 47.7 Å². The number of nitrogens with zero attached hydrogens (tertiary/aromatic N) is 1. The van der Waals surface area contributed by atoms with E-state index >= 15 is 0 Å². The van der Waals surface area contributed by atoms with E-state index in [4.69, 9.17) is 0 Å². The predicted octanol–water partition coefficient (Wildman–Crippen LogP) is 3.18. The SMILES string of the molecule is CC(C)=CCn1cc(CC[C@@H]2NC(=O)[C@@H](C(C)C)NC2=O)c2ccccc21. The Morgan fingerprint density at radius 3 is 2.59 bits per heavy atom. The van der Waals surface area contributed by atoms with Gasteiger partial charge in [0.2, 0.25) is 11.8 Å². The number of carbonyl (C=O) groups excluding carboxylic acids is 2. The molecule has 1 aromatic heterocycles. The number of allylic oxidation sites excluding steroid dienone is 2. The Morgan fingerprint density at radius 1 is 1.15 bits per heavy atom. The zero-order valence-corrected chi connectivity index (χ0v) is 16.6. The van der Waals surface area contributed by atoms with Crippen molar-refractivity contribution in [1.29, 1.82) is 0 Å². The summed E-state index contributed by atoms with van der Waals surface area (Å²) < 4.78 is 2.24. The van der Waals surface area contributed by atoms with Gasteiger partial charge in [-0.2, -0.15) is 0 Å². The van der Waals surface area contributed by atoms with Crippen molar-refractivity contribution in [2.75, 3.05) is 0 Å². The zero-order chi connectivity index (χ0) is 19.6. The van der Waals surface area contributed by atoms with Gasteiger partial charge in [-0.05, 0) is 44.2 Å². The molecule has 1 aliphatic heterocycles. The number of nitrogens with one attached hydrogen (secondary N) is 2. The Labute approximate surface area is 160 Å². The van der Waals surface area contributed by atoms with Crippen LogP contribution >= 0.6 is 0 Å². The summed E-state index contributed by atoms with van der Waals surface area (Å²) in [5.74, 6) is -0.0786. The molecule has 144 valence electrons. The van der Waals surface area contributed by atoms with E-state index in [1.165, 1.54) is 22.0 Å². The minimum absolute atomic E-state index is 0.0819. The van der Waals surface area contributed by atoms with E-state index in [-0.39, 0.29) is 17.7 Å². The highest BCUT2D eigenvalue weighted by atomic mass is 16.2. The van der Waals surface area contributed by atoms with Gasteiger partial charge in [-0.25, -0.2) is 0 Å². The molecule has 5 nitrogen and oxygen atoms in total. The standard InChI is InChI=1S/C22H29N3O2/c1-14(2)11-12-25-13-16(17-7-5-6-8-19(17)25)9-10-18-21(26)24-20(15(3)4)22(27)23-18/h5-8,11,13,15,18,20H,9-10,12H2,1-4H3,(H,23,27)(H,24,26)/t18-,20+/m0/s1. The van der Waals surface area contributed by atoms with Gasteiger partial charge < -0.3 is 15.2 Å². The highest BCUT2D eigenvalue weighted by Crippen LogP contribution is 2.23. The van der Waals surface area contributed by atoms with Crippen molar-refractivity contribution in [3.8, 4) is 0 Å². The molecule has 2 heterocycles. The summed E-state index contributed by atoms with van der Waals surface area (Å²) >= 11 is 0. The molecule has 2 N–H and O–H groups in total. The second-order valence-corrected chi connectivity index (χ2v) is 7.94. The number of aromatic nitrogens is 1. The van der Waals surface area contributed by atoms with E-state index < -0.39 is 12.1 Å². The predicted molar refractivity (Wildman–Crippen MR) is 108 cm³/mol. The normalized spacial score (nSPS) is 19.9. The molecule has 1 aromatic carbocycles. The number of carbonyl (C=O) groups is 2. The second-order valence-electron chi connectivity index (χ2n) is 7.94. The van der Waals surface area contributed by atoms with Crippen LogP contribution < -0.4 is 10.6 Å². The van der Waals surface area contributed by atoms with Gasteiger partial charge in [0.05, 0.1) is 0 Å². The van der Waals surface area contributed by atoms with Gasteiger partial charge >= 0.3 is 0 Å². The van der Waals surface area contributed by atoms with Crippen molar-refractivity contribution < 1.29 is 9.59 Å². The lowest BCUT2D eigenvalue weighted by Crippen LogP contribution is -2.63. The third kappa shape index (κ3) is 4.24. The van der Waals surface area contributed by atoms with Crippen molar-refractivity contribution in [2.24, 2.45) is 5.92 Å². The van der Waals surface area contributed by atoms with Crippen LogP contribution in [0.5, 0.6) is 0 Å². The van der Waals surface area contributed by atoms with E-state index in [1.807, 2.05) is 26.0 Å². The van der Waals surface area contributed by atoms with Crippen LogP contribution in [-0.2, 0) is 22.6 Å². The number of amides is 2.